The molecule has 0 aliphatic rings. The molecule has 0 aromatic rings. The van der Waals surface area contributed by atoms with Crippen molar-refractivity contribution in [2.24, 2.45) is 5.41 Å². The van der Waals surface area contributed by atoms with Gasteiger partial charge in [-0.25, -0.2) is 0 Å². The Hall–Kier alpha value is 0.520. The van der Waals surface area contributed by atoms with E-state index in [4.69, 9.17) is 0 Å². The molecule has 0 fully saturated rings. The fourth-order valence-corrected chi connectivity index (χ4v) is 2.10. The fourth-order valence-electron chi connectivity index (χ4n) is 1.15. The van der Waals surface area contributed by atoms with Crippen molar-refractivity contribution < 1.29 is 13.2 Å². The normalized spacial score (nSPS) is 15.0. The minimum Gasteiger partial charge on any atom is -0.171 e. The van der Waals surface area contributed by atoms with E-state index in [-0.39, 0.29) is 9.84 Å². The summed E-state index contributed by atoms with van der Waals surface area (Å²) < 4.78 is 36.8. The standard InChI is InChI=1S/C8H14F3I/c1-6(2,8(9,10)11)5-7(3,4)12/h5H2,1-4H3. The Balaban J connectivity index is 4.44. The van der Waals surface area contributed by atoms with Crippen LogP contribution in [0.15, 0.2) is 0 Å². The second-order valence-electron chi connectivity index (χ2n) is 4.28. The van der Waals surface area contributed by atoms with Gasteiger partial charge in [0.25, 0.3) is 0 Å². The quantitative estimate of drug-likeness (QED) is 0.529. The first-order valence-electron chi connectivity index (χ1n) is 3.71. The minimum atomic E-state index is -4.10. The molecule has 0 unspecified atom stereocenters. The molecule has 0 rings (SSSR count). The number of rotatable bonds is 2. The molecular formula is C8H14F3I. The minimum absolute atomic E-state index is 0.143. The maximum absolute atomic E-state index is 12.4. The second-order valence-corrected chi connectivity index (χ2v) is 7.20. The second kappa shape index (κ2) is 3.35. The van der Waals surface area contributed by atoms with Crippen LogP contribution in [0.1, 0.15) is 34.1 Å². The van der Waals surface area contributed by atoms with Crippen LogP contribution < -0.4 is 0 Å². The summed E-state index contributed by atoms with van der Waals surface area (Å²) in [5.74, 6) is 0. The molecule has 12 heavy (non-hydrogen) atoms. The first-order valence-corrected chi connectivity index (χ1v) is 4.79. The third-order valence-corrected chi connectivity index (χ3v) is 2.01. The van der Waals surface area contributed by atoms with Gasteiger partial charge in [-0.2, -0.15) is 13.2 Å². The summed E-state index contributed by atoms with van der Waals surface area (Å²) in [6.07, 6.45) is -3.96. The highest BCUT2D eigenvalue weighted by molar-refractivity contribution is 14.1. The van der Waals surface area contributed by atoms with Crippen LogP contribution in [0.3, 0.4) is 0 Å². The Morgan fingerprint density at radius 2 is 1.33 bits per heavy atom. The van der Waals surface area contributed by atoms with Crippen LogP contribution in [0.4, 0.5) is 13.2 Å². The fraction of sp³-hybridized carbons (Fsp3) is 1.00. The lowest BCUT2D eigenvalue weighted by Crippen LogP contribution is -2.36. The van der Waals surface area contributed by atoms with Crippen molar-refractivity contribution in [1.82, 2.24) is 0 Å². The van der Waals surface area contributed by atoms with Gasteiger partial charge in [0.1, 0.15) is 0 Å². The van der Waals surface area contributed by atoms with E-state index in [1.54, 1.807) is 13.8 Å². The summed E-state index contributed by atoms with van der Waals surface area (Å²) >= 11 is 2.04. The molecule has 0 atom stereocenters. The lowest BCUT2D eigenvalue weighted by atomic mass is 9.83. The lowest BCUT2D eigenvalue weighted by Gasteiger charge is -2.33. The van der Waals surface area contributed by atoms with Crippen LogP contribution >= 0.6 is 22.6 Å². The van der Waals surface area contributed by atoms with Gasteiger partial charge in [0, 0.05) is 3.42 Å². The molecule has 4 heteroatoms. The third kappa shape index (κ3) is 3.96. The van der Waals surface area contributed by atoms with Crippen molar-refractivity contribution in [3.63, 3.8) is 0 Å². The molecule has 0 saturated carbocycles. The van der Waals surface area contributed by atoms with Gasteiger partial charge in [-0.1, -0.05) is 50.3 Å². The SMILES string of the molecule is CC(C)(I)CC(C)(C)C(F)(F)F. The molecule has 0 amide bonds. The van der Waals surface area contributed by atoms with Crippen LogP contribution in [0, 0.1) is 5.41 Å². The van der Waals surface area contributed by atoms with Crippen LogP contribution in [0.5, 0.6) is 0 Å². The lowest BCUT2D eigenvalue weighted by molar-refractivity contribution is -0.214. The summed E-state index contributed by atoms with van der Waals surface area (Å²) in [7, 11) is 0. The van der Waals surface area contributed by atoms with E-state index in [0.717, 1.165) is 0 Å². The van der Waals surface area contributed by atoms with Crippen molar-refractivity contribution in [2.75, 3.05) is 0 Å². The van der Waals surface area contributed by atoms with Gasteiger partial charge in [-0.05, 0) is 6.42 Å². The number of hydrogen-bond acceptors (Lipinski definition) is 0. The van der Waals surface area contributed by atoms with Gasteiger partial charge < -0.3 is 0 Å². The Labute approximate surface area is 85.1 Å². The van der Waals surface area contributed by atoms with Crippen LogP contribution in [-0.4, -0.2) is 9.60 Å². The highest BCUT2D eigenvalue weighted by Gasteiger charge is 2.49. The number of halogens is 4. The molecule has 0 aromatic heterocycles. The van der Waals surface area contributed by atoms with Gasteiger partial charge in [-0.15, -0.1) is 0 Å². The zero-order valence-corrected chi connectivity index (χ0v) is 9.88. The molecular weight excluding hydrogens is 280 g/mol. The smallest absolute Gasteiger partial charge is 0.171 e. The Bertz CT molecular complexity index is 153. The van der Waals surface area contributed by atoms with E-state index in [1.165, 1.54) is 13.8 Å². The topological polar surface area (TPSA) is 0 Å². The largest absolute Gasteiger partial charge is 0.394 e. The summed E-state index contributed by atoms with van der Waals surface area (Å²) in [5.41, 5.74) is -1.59. The predicted molar refractivity (Wildman–Crippen MR) is 52.6 cm³/mol. The van der Waals surface area contributed by atoms with Gasteiger partial charge in [-0.3, -0.25) is 0 Å². The van der Waals surface area contributed by atoms with Crippen molar-refractivity contribution in [3.05, 3.63) is 0 Å². The molecule has 0 aliphatic heterocycles. The van der Waals surface area contributed by atoms with E-state index in [2.05, 4.69) is 0 Å². The highest BCUT2D eigenvalue weighted by atomic mass is 127. The highest BCUT2D eigenvalue weighted by Crippen LogP contribution is 2.45. The van der Waals surface area contributed by atoms with Crippen LogP contribution in [-0.2, 0) is 0 Å². The van der Waals surface area contributed by atoms with Gasteiger partial charge in [0.15, 0.2) is 0 Å². The van der Waals surface area contributed by atoms with E-state index in [9.17, 15) is 13.2 Å². The molecule has 0 heterocycles. The average molecular weight is 294 g/mol. The van der Waals surface area contributed by atoms with E-state index < -0.39 is 11.6 Å². The maximum Gasteiger partial charge on any atom is 0.394 e. The number of alkyl halides is 4. The zero-order chi connectivity index (χ0) is 10.2. The van der Waals surface area contributed by atoms with Crippen molar-refractivity contribution in [2.45, 2.75) is 43.7 Å². The average Bonchev–Trinajstić information content (AvgIpc) is 1.52. The predicted octanol–water partition coefficient (Wildman–Crippen LogP) is 4.18. The molecule has 0 aromatic carbocycles. The first-order chi connectivity index (χ1) is 4.96. The molecule has 0 bridgehead atoms. The van der Waals surface area contributed by atoms with Crippen LogP contribution in [0.2, 0.25) is 0 Å². The van der Waals surface area contributed by atoms with Gasteiger partial charge in [0.05, 0.1) is 5.41 Å². The summed E-state index contributed by atoms with van der Waals surface area (Å²) in [5, 5.41) is 0. The Morgan fingerprint density at radius 1 is 1.00 bits per heavy atom. The molecule has 0 radical (unpaired) electrons. The molecule has 74 valence electrons. The van der Waals surface area contributed by atoms with E-state index >= 15 is 0 Å². The van der Waals surface area contributed by atoms with Crippen molar-refractivity contribution in [3.8, 4) is 0 Å². The molecule has 0 N–H and O–H groups in total. The molecule has 0 saturated heterocycles. The first kappa shape index (κ1) is 12.5. The molecule has 0 aliphatic carbocycles. The Morgan fingerprint density at radius 3 is 1.42 bits per heavy atom. The molecule has 0 nitrogen and oxygen atoms in total. The van der Waals surface area contributed by atoms with E-state index in [0.29, 0.717) is 0 Å². The van der Waals surface area contributed by atoms with Gasteiger partial charge in [0.2, 0.25) is 0 Å². The van der Waals surface area contributed by atoms with Crippen LogP contribution in [0.25, 0.3) is 0 Å². The van der Waals surface area contributed by atoms with E-state index in [1.807, 2.05) is 22.6 Å². The van der Waals surface area contributed by atoms with Crippen molar-refractivity contribution >= 4 is 22.6 Å². The number of hydrogen-bond donors (Lipinski definition) is 0. The monoisotopic (exact) mass is 294 g/mol. The zero-order valence-electron chi connectivity index (χ0n) is 7.72. The summed E-state index contributed by atoms with van der Waals surface area (Å²) in [6, 6.07) is 0. The maximum atomic E-state index is 12.4. The summed E-state index contributed by atoms with van der Waals surface area (Å²) in [6.45, 7) is 6.10. The van der Waals surface area contributed by atoms with Gasteiger partial charge >= 0.3 is 6.18 Å². The molecule has 0 spiro atoms. The third-order valence-electron chi connectivity index (χ3n) is 1.63. The van der Waals surface area contributed by atoms with Crippen molar-refractivity contribution in [1.29, 1.82) is 0 Å². The Kier molecular flexibility index (Phi) is 3.49. The summed E-state index contributed by atoms with van der Waals surface area (Å²) in [4.78, 5) is 0.